The van der Waals surface area contributed by atoms with Gasteiger partial charge in [-0.25, -0.2) is 4.79 Å². The molecule has 2 heteroatoms. The Morgan fingerprint density at radius 1 is 0.917 bits per heavy atom. The summed E-state index contributed by atoms with van der Waals surface area (Å²) in [6.45, 7) is 4.16. The maximum absolute atomic E-state index is 12.2. The van der Waals surface area contributed by atoms with Crippen LogP contribution < -0.4 is 4.74 Å². The van der Waals surface area contributed by atoms with E-state index in [0.29, 0.717) is 11.7 Å². The molecule has 0 unspecified atom stereocenters. The van der Waals surface area contributed by atoms with E-state index in [1.165, 1.54) is 6.08 Å². The van der Waals surface area contributed by atoms with Crippen molar-refractivity contribution in [3.63, 3.8) is 0 Å². The molecule has 0 fully saturated rings. The molecule has 0 aliphatic rings. The van der Waals surface area contributed by atoms with Gasteiger partial charge in [0.15, 0.2) is 0 Å². The van der Waals surface area contributed by atoms with Crippen molar-refractivity contribution in [3.8, 4) is 5.75 Å². The molecule has 3 rings (SSSR count). The van der Waals surface area contributed by atoms with Crippen molar-refractivity contribution in [2.75, 3.05) is 0 Å². The summed E-state index contributed by atoms with van der Waals surface area (Å²) in [5.41, 5.74) is 2.03. The van der Waals surface area contributed by atoms with Gasteiger partial charge in [0.05, 0.1) is 0 Å². The lowest BCUT2D eigenvalue weighted by molar-refractivity contribution is -0.128. The van der Waals surface area contributed by atoms with Gasteiger partial charge in [0.1, 0.15) is 5.75 Å². The number of carbonyl (C=O) groups excluding carboxylic acids is 1. The molecule has 0 saturated carbocycles. The highest BCUT2D eigenvalue weighted by Crippen LogP contribution is 2.26. The zero-order chi connectivity index (χ0) is 16.9. The van der Waals surface area contributed by atoms with Crippen molar-refractivity contribution in [2.45, 2.75) is 19.8 Å². The van der Waals surface area contributed by atoms with E-state index in [-0.39, 0.29) is 5.97 Å². The Morgan fingerprint density at radius 3 is 2.46 bits per heavy atom. The average Bonchev–Trinajstić information content (AvgIpc) is 2.60. The molecule has 0 spiro atoms. The fourth-order valence-electron chi connectivity index (χ4n) is 2.75. The Morgan fingerprint density at radius 2 is 1.62 bits per heavy atom. The molecule has 3 aromatic rings. The summed E-state index contributed by atoms with van der Waals surface area (Å²) in [6.07, 6.45) is 3.29. The summed E-state index contributed by atoms with van der Waals surface area (Å²) in [5, 5.41) is 2.27. The number of para-hydroxylation sites is 1. The molecular weight excluding hydrogens is 296 g/mol. The molecule has 2 nitrogen and oxygen atoms in total. The Kier molecular flexibility index (Phi) is 4.76. The lowest BCUT2D eigenvalue weighted by Gasteiger charge is -2.11. The van der Waals surface area contributed by atoms with E-state index in [2.05, 4.69) is 32.0 Å². The normalized spacial score (nSPS) is 11.3. The van der Waals surface area contributed by atoms with Crippen LogP contribution in [0.2, 0.25) is 0 Å². The van der Waals surface area contributed by atoms with Crippen LogP contribution >= 0.6 is 0 Å². The summed E-state index contributed by atoms with van der Waals surface area (Å²) < 4.78 is 5.51. The third-order valence-electron chi connectivity index (χ3n) is 3.97. The molecule has 24 heavy (non-hydrogen) atoms. The minimum Gasteiger partial charge on any atom is -0.423 e. The second-order valence-electron chi connectivity index (χ2n) is 6.02. The fourth-order valence-corrected chi connectivity index (χ4v) is 2.75. The predicted octanol–water partition coefficient (Wildman–Crippen LogP) is 5.58. The first-order chi connectivity index (χ1) is 11.6. The Balaban J connectivity index is 1.81. The first-order valence-corrected chi connectivity index (χ1v) is 8.12. The van der Waals surface area contributed by atoms with Crippen LogP contribution in [0.15, 0.2) is 72.8 Å². The summed E-state index contributed by atoms with van der Waals surface area (Å²) in [7, 11) is 0. The molecule has 0 atom stereocenters. The zero-order valence-corrected chi connectivity index (χ0v) is 13.9. The van der Waals surface area contributed by atoms with Crippen molar-refractivity contribution >= 4 is 22.8 Å². The molecule has 3 aromatic carbocycles. The number of carbonyl (C=O) groups is 1. The number of hydrogen-bond acceptors (Lipinski definition) is 2. The molecule has 0 aliphatic heterocycles. The second kappa shape index (κ2) is 7.14. The lowest BCUT2D eigenvalue weighted by atomic mass is 10.0. The standard InChI is InChI=1S/C22H20O2/c1-16(2)19-11-5-6-13-21(19)24-22(23)15-14-18-10-7-9-17-8-3-4-12-20(17)18/h3-16H,1-2H3. The van der Waals surface area contributed by atoms with E-state index < -0.39 is 0 Å². The van der Waals surface area contributed by atoms with Gasteiger partial charge >= 0.3 is 5.97 Å². The molecule has 120 valence electrons. The zero-order valence-electron chi connectivity index (χ0n) is 13.9. The third kappa shape index (κ3) is 3.54. The Labute approximate surface area is 142 Å². The fraction of sp³-hybridized carbons (Fsp3) is 0.136. The van der Waals surface area contributed by atoms with Crippen molar-refractivity contribution in [1.29, 1.82) is 0 Å². The minimum absolute atomic E-state index is 0.302. The topological polar surface area (TPSA) is 26.3 Å². The van der Waals surface area contributed by atoms with Crippen LogP contribution in [0.1, 0.15) is 30.9 Å². The molecule has 0 radical (unpaired) electrons. The molecule has 0 amide bonds. The molecule has 0 saturated heterocycles. The number of hydrogen-bond donors (Lipinski definition) is 0. The van der Waals surface area contributed by atoms with Crippen molar-refractivity contribution in [1.82, 2.24) is 0 Å². The van der Waals surface area contributed by atoms with Crippen LogP contribution in [0.3, 0.4) is 0 Å². The van der Waals surface area contributed by atoms with Gasteiger partial charge in [0.25, 0.3) is 0 Å². The monoisotopic (exact) mass is 316 g/mol. The molecule has 0 aliphatic carbocycles. The van der Waals surface area contributed by atoms with Crippen LogP contribution in [0.4, 0.5) is 0 Å². The number of fused-ring (bicyclic) bond motifs is 1. The van der Waals surface area contributed by atoms with Gasteiger partial charge in [-0.15, -0.1) is 0 Å². The Bertz CT molecular complexity index is 886. The largest absolute Gasteiger partial charge is 0.423 e. The van der Waals surface area contributed by atoms with Crippen LogP contribution in [-0.2, 0) is 4.79 Å². The van der Waals surface area contributed by atoms with Crippen molar-refractivity contribution in [3.05, 3.63) is 83.9 Å². The van der Waals surface area contributed by atoms with E-state index in [0.717, 1.165) is 21.9 Å². The second-order valence-corrected chi connectivity index (χ2v) is 6.02. The van der Waals surface area contributed by atoms with Gasteiger partial charge in [0, 0.05) is 6.08 Å². The first-order valence-electron chi connectivity index (χ1n) is 8.12. The van der Waals surface area contributed by atoms with Gasteiger partial charge < -0.3 is 4.74 Å². The summed E-state index contributed by atoms with van der Waals surface area (Å²) in [5.74, 6) is 0.562. The lowest BCUT2D eigenvalue weighted by Crippen LogP contribution is -2.06. The SMILES string of the molecule is CC(C)c1ccccc1OC(=O)C=Cc1cccc2ccccc12. The number of esters is 1. The van der Waals surface area contributed by atoms with E-state index in [9.17, 15) is 4.79 Å². The summed E-state index contributed by atoms with van der Waals surface area (Å²) >= 11 is 0. The maximum Gasteiger partial charge on any atom is 0.336 e. The highest BCUT2D eigenvalue weighted by molar-refractivity contribution is 5.95. The van der Waals surface area contributed by atoms with E-state index in [1.807, 2.05) is 54.6 Å². The maximum atomic E-state index is 12.2. The van der Waals surface area contributed by atoms with Gasteiger partial charge in [0.2, 0.25) is 0 Å². The van der Waals surface area contributed by atoms with Gasteiger partial charge in [-0.2, -0.15) is 0 Å². The summed E-state index contributed by atoms with van der Waals surface area (Å²) in [4.78, 5) is 12.2. The highest BCUT2D eigenvalue weighted by atomic mass is 16.5. The quantitative estimate of drug-likeness (QED) is 0.357. The molecule has 0 heterocycles. The first kappa shape index (κ1) is 16.0. The highest BCUT2D eigenvalue weighted by Gasteiger charge is 2.09. The van der Waals surface area contributed by atoms with Gasteiger partial charge in [-0.05, 0) is 40.0 Å². The van der Waals surface area contributed by atoms with Crippen LogP contribution in [-0.4, -0.2) is 5.97 Å². The molecule has 0 aromatic heterocycles. The minimum atomic E-state index is -0.365. The third-order valence-corrected chi connectivity index (χ3v) is 3.97. The predicted molar refractivity (Wildman–Crippen MR) is 99.1 cm³/mol. The van der Waals surface area contributed by atoms with E-state index >= 15 is 0 Å². The van der Waals surface area contributed by atoms with Crippen LogP contribution in [0.25, 0.3) is 16.8 Å². The molecule has 0 N–H and O–H groups in total. The van der Waals surface area contributed by atoms with Gasteiger partial charge in [-0.3, -0.25) is 0 Å². The van der Waals surface area contributed by atoms with Crippen molar-refractivity contribution < 1.29 is 9.53 Å². The van der Waals surface area contributed by atoms with E-state index in [1.54, 1.807) is 0 Å². The van der Waals surface area contributed by atoms with Crippen LogP contribution in [0.5, 0.6) is 5.75 Å². The van der Waals surface area contributed by atoms with E-state index in [4.69, 9.17) is 4.74 Å². The summed E-state index contributed by atoms with van der Waals surface area (Å²) in [6, 6.07) is 21.8. The van der Waals surface area contributed by atoms with Gasteiger partial charge in [-0.1, -0.05) is 74.5 Å². The number of ether oxygens (including phenoxy) is 1. The number of benzene rings is 3. The molecule has 0 bridgehead atoms. The van der Waals surface area contributed by atoms with Crippen molar-refractivity contribution in [2.24, 2.45) is 0 Å². The number of rotatable bonds is 4. The molecular formula is C22H20O2. The van der Waals surface area contributed by atoms with Crippen LogP contribution in [0, 0.1) is 0 Å². The average molecular weight is 316 g/mol. The smallest absolute Gasteiger partial charge is 0.336 e. The Hall–Kier alpha value is -2.87.